The minimum atomic E-state index is -4.42. The van der Waals surface area contributed by atoms with Crippen molar-refractivity contribution in [3.05, 3.63) is 78.9 Å². The van der Waals surface area contributed by atoms with Crippen molar-refractivity contribution < 1.29 is 31.5 Å². The molecule has 0 radical (unpaired) electrons. The highest BCUT2D eigenvalue weighted by Gasteiger charge is 2.54. The van der Waals surface area contributed by atoms with Crippen LogP contribution in [-0.2, 0) is 38.6 Å². The molecule has 280 valence electrons. The molecule has 0 aliphatic carbocycles. The molecule has 2 aliphatic heterocycles. The van der Waals surface area contributed by atoms with Crippen molar-refractivity contribution in [1.82, 2.24) is 33.4 Å². The van der Waals surface area contributed by atoms with Gasteiger partial charge in [0.15, 0.2) is 5.65 Å². The van der Waals surface area contributed by atoms with E-state index in [1.54, 1.807) is 66.7 Å². The number of rotatable bonds is 6. The van der Waals surface area contributed by atoms with Crippen LogP contribution < -0.4 is 4.90 Å². The summed E-state index contributed by atoms with van der Waals surface area (Å²) in [4.78, 5) is 35.6. The summed E-state index contributed by atoms with van der Waals surface area (Å²) in [7, 11) is -0.944. The first kappa shape index (κ1) is 35.4. The third-order valence-corrected chi connectivity index (χ3v) is 12.0. The Bertz CT molecular complexity index is 2580. The molecule has 8 rings (SSSR count). The number of carbonyl (C=O) groups is 2. The molecule has 6 heterocycles. The number of hydrogen-bond donors (Lipinski definition) is 0. The molecule has 1 fully saturated rings. The van der Waals surface area contributed by atoms with E-state index < -0.39 is 40.1 Å². The van der Waals surface area contributed by atoms with Gasteiger partial charge >= 0.3 is 6.09 Å². The minimum absolute atomic E-state index is 0.0201. The Morgan fingerprint density at radius 1 is 0.981 bits per heavy atom. The lowest BCUT2D eigenvalue weighted by Crippen LogP contribution is -2.50. The maximum absolute atomic E-state index is 14.9. The number of anilines is 1. The molecule has 16 heteroatoms. The van der Waals surface area contributed by atoms with E-state index in [0.717, 1.165) is 19.6 Å². The zero-order chi connectivity index (χ0) is 38.3. The number of likely N-dealkylation sites (N-methyl/N-ethyl adjacent to an activating group) is 1. The second kappa shape index (κ2) is 12.5. The number of alkyl halides is 2. The van der Waals surface area contributed by atoms with Crippen molar-refractivity contribution in [1.29, 1.82) is 0 Å². The fraction of sp³-hybridized carbons (Fsp3) is 0.342. The standard InChI is InChI=1S/C38H38F2N8O5S/c1-37(2,3)53-36(50)46-15-13-38(14-16-46)32-28(44(4)35(38)49)20-41-34-31(32)30(23-11-12-27-24(17-23)18-42-45(27)5)33(25-19-43-47(21-25)22-29(39)40)48(34)54(51,52)26-9-7-6-8-10-26/h6-12,17-21,29H,13-16,22H2,1-5H3. The first-order valence-corrected chi connectivity index (χ1v) is 18.9. The van der Waals surface area contributed by atoms with E-state index in [-0.39, 0.29) is 53.6 Å². The van der Waals surface area contributed by atoms with Crippen LogP contribution in [0.5, 0.6) is 0 Å². The third-order valence-electron chi connectivity index (χ3n) is 10.3. The Morgan fingerprint density at radius 2 is 1.70 bits per heavy atom. The number of likely N-dealkylation sites (tertiary alicyclic amines) is 1. The monoisotopic (exact) mass is 756 g/mol. The van der Waals surface area contributed by atoms with Gasteiger partial charge in [-0.05, 0) is 63.4 Å². The number of benzene rings is 2. The van der Waals surface area contributed by atoms with Crippen molar-refractivity contribution >= 4 is 49.6 Å². The van der Waals surface area contributed by atoms with Gasteiger partial charge in [0, 0.05) is 60.8 Å². The summed E-state index contributed by atoms with van der Waals surface area (Å²) >= 11 is 0. The fourth-order valence-electron chi connectivity index (χ4n) is 7.87. The van der Waals surface area contributed by atoms with Crippen molar-refractivity contribution in [2.24, 2.45) is 7.05 Å². The number of hydrogen-bond acceptors (Lipinski definition) is 8. The summed E-state index contributed by atoms with van der Waals surface area (Å²) in [6.45, 7) is 5.10. The highest BCUT2D eigenvalue weighted by molar-refractivity contribution is 7.90. The van der Waals surface area contributed by atoms with E-state index in [1.165, 1.54) is 30.7 Å². The van der Waals surface area contributed by atoms with Gasteiger partial charge in [0.2, 0.25) is 5.91 Å². The highest BCUT2D eigenvalue weighted by Crippen LogP contribution is 2.54. The van der Waals surface area contributed by atoms with Gasteiger partial charge in [-0.3, -0.25) is 14.2 Å². The first-order chi connectivity index (χ1) is 25.6. The Hall–Kier alpha value is -5.64. The molecule has 2 aromatic carbocycles. The fourth-order valence-corrected chi connectivity index (χ4v) is 9.38. The molecule has 1 spiro atoms. The lowest BCUT2D eigenvalue weighted by molar-refractivity contribution is -0.124. The molecule has 54 heavy (non-hydrogen) atoms. The summed E-state index contributed by atoms with van der Waals surface area (Å²) in [6, 6.07) is 13.5. The van der Waals surface area contributed by atoms with Crippen LogP contribution in [0.15, 0.2) is 78.2 Å². The van der Waals surface area contributed by atoms with Crippen molar-refractivity contribution in [2.45, 2.75) is 62.5 Å². The molecule has 0 unspecified atom stereocenters. The van der Waals surface area contributed by atoms with E-state index in [9.17, 15) is 26.8 Å². The average Bonchev–Trinajstić information content (AvgIpc) is 3.88. The summed E-state index contributed by atoms with van der Waals surface area (Å²) in [5.74, 6) is -0.200. The molecule has 0 N–H and O–H groups in total. The first-order valence-electron chi connectivity index (χ1n) is 17.5. The molecular weight excluding hydrogens is 719 g/mol. The van der Waals surface area contributed by atoms with Gasteiger partial charge in [0.05, 0.1) is 45.8 Å². The predicted molar refractivity (Wildman–Crippen MR) is 198 cm³/mol. The van der Waals surface area contributed by atoms with Crippen LogP contribution in [0.25, 0.3) is 44.3 Å². The maximum Gasteiger partial charge on any atom is 0.410 e. The van der Waals surface area contributed by atoms with Crippen LogP contribution in [0.4, 0.5) is 19.3 Å². The van der Waals surface area contributed by atoms with E-state index in [2.05, 4.69) is 10.2 Å². The van der Waals surface area contributed by atoms with Crippen LogP contribution in [-0.4, -0.2) is 86.0 Å². The quantitative estimate of drug-likeness (QED) is 0.196. The average molecular weight is 757 g/mol. The van der Waals surface area contributed by atoms with Gasteiger partial charge in [-0.15, -0.1) is 0 Å². The van der Waals surface area contributed by atoms with E-state index >= 15 is 0 Å². The van der Waals surface area contributed by atoms with Gasteiger partial charge in [0.25, 0.3) is 16.4 Å². The second-order valence-electron chi connectivity index (χ2n) is 14.8. The zero-order valence-electron chi connectivity index (χ0n) is 30.3. The smallest absolute Gasteiger partial charge is 0.410 e. The summed E-state index contributed by atoms with van der Waals surface area (Å²) < 4.78 is 66.7. The van der Waals surface area contributed by atoms with E-state index in [1.807, 2.05) is 25.2 Å². The normalized spacial score (nSPS) is 16.0. The van der Waals surface area contributed by atoms with Gasteiger partial charge in [0.1, 0.15) is 12.1 Å². The molecule has 1 saturated heterocycles. The molecule has 0 atom stereocenters. The Balaban J connectivity index is 1.46. The zero-order valence-corrected chi connectivity index (χ0v) is 31.1. The topological polar surface area (TPSA) is 137 Å². The highest BCUT2D eigenvalue weighted by atomic mass is 32.2. The van der Waals surface area contributed by atoms with Crippen LogP contribution in [0.1, 0.15) is 39.2 Å². The number of pyridine rings is 1. The number of fused-ring (bicyclic) bond motifs is 5. The van der Waals surface area contributed by atoms with Gasteiger partial charge < -0.3 is 14.5 Å². The maximum atomic E-state index is 14.9. The van der Waals surface area contributed by atoms with Gasteiger partial charge in [-0.25, -0.2) is 30.9 Å². The number of aromatic nitrogens is 6. The number of amides is 2. The Morgan fingerprint density at radius 3 is 2.39 bits per heavy atom. The number of nitrogens with zero attached hydrogens (tertiary/aromatic N) is 8. The molecule has 2 aliphatic rings. The van der Waals surface area contributed by atoms with E-state index in [0.29, 0.717) is 27.8 Å². The van der Waals surface area contributed by atoms with E-state index in [4.69, 9.17) is 9.72 Å². The van der Waals surface area contributed by atoms with Crippen molar-refractivity contribution in [2.75, 3.05) is 25.0 Å². The van der Waals surface area contributed by atoms with Gasteiger partial charge in [-0.1, -0.05) is 24.3 Å². The summed E-state index contributed by atoms with van der Waals surface area (Å²) in [6.07, 6.45) is 3.27. The molecule has 4 aromatic heterocycles. The molecule has 13 nitrogen and oxygen atoms in total. The van der Waals surface area contributed by atoms with Crippen molar-refractivity contribution in [3.63, 3.8) is 0 Å². The van der Waals surface area contributed by atoms with Crippen LogP contribution in [0, 0.1) is 0 Å². The molecule has 0 bridgehead atoms. The van der Waals surface area contributed by atoms with Crippen LogP contribution >= 0.6 is 0 Å². The largest absolute Gasteiger partial charge is 0.444 e. The number of aryl methyl sites for hydroxylation is 1. The summed E-state index contributed by atoms with van der Waals surface area (Å²) in [5, 5.41) is 9.80. The van der Waals surface area contributed by atoms with Gasteiger partial charge in [-0.2, -0.15) is 10.2 Å². The lowest BCUT2D eigenvalue weighted by Gasteiger charge is -2.39. The van der Waals surface area contributed by atoms with Crippen molar-refractivity contribution in [3.8, 4) is 22.4 Å². The molecule has 6 aromatic rings. The molecule has 0 saturated carbocycles. The second-order valence-corrected chi connectivity index (χ2v) is 16.6. The third kappa shape index (κ3) is 5.53. The Labute approximate surface area is 309 Å². The Kier molecular flexibility index (Phi) is 8.17. The van der Waals surface area contributed by atoms with Crippen LogP contribution in [0.2, 0.25) is 0 Å². The molecule has 2 amide bonds. The number of ether oxygens (including phenoxy) is 1. The number of carbonyl (C=O) groups excluding carboxylic acids is 2. The summed E-state index contributed by atoms with van der Waals surface area (Å²) in [5.41, 5.74) is 1.57. The number of piperidine rings is 1. The lowest BCUT2D eigenvalue weighted by atomic mass is 9.72. The number of halogens is 2. The predicted octanol–water partition coefficient (Wildman–Crippen LogP) is 6.20. The molecular formula is C38H38F2N8O5S. The van der Waals surface area contributed by atoms with Crippen LogP contribution in [0.3, 0.4) is 0 Å². The SMILES string of the molecule is CN1C(=O)C2(CCN(C(=O)OC(C)(C)C)CC2)c2c1cnc1c2c(-c2ccc3c(cnn3C)c2)c(-c2cnn(CC(F)F)c2)n1S(=O)(=O)c1ccccc1. The minimum Gasteiger partial charge on any atom is -0.444 e.